The van der Waals surface area contributed by atoms with Crippen molar-refractivity contribution < 1.29 is 14.4 Å². The Kier molecular flexibility index (Phi) is 4.63. The van der Waals surface area contributed by atoms with E-state index >= 15 is 0 Å². The topological polar surface area (TPSA) is 84.3 Å². The van der Waals surface area contributed by atoms with Crippen molar-refractivity contribution in [3.8, 4) is 0 Å². The second-order valence-corrected chi connectivity index (χ2v) is 6.66. The molecule has 1 aliphatic heterocycles. The number of amides is 3. The summed E-state index contributed by atoms with van der Waals surface area (Å²) in [6, 6.07) is 4.99. The second-order valence-electron chi connectivity index (χ2n) is 6.66. The summed E-state index contributed by atoms with van der Waals surface area (Å²) in [7, 11) is 1.84. The summed E-state index contributed by atoms with van der Waals surface area (Å²) in [6.45, 7) is 5.75. The van der Waals surface area contributed by atoms with Gasteiger partial charge in [-0.2, -0.15) is 5.10 Å². The molecule has 3 amide bonds. The Labute approximate surface area is 152 Å². The van der Waals surface area contributed by atoms with Gasteiger partial charge in [0.2, 0.25) is 5.91 Å². The summed E-state index contributed by atoms with van der Waals surface area (Å²) < 4.78 is 1.75. The summed E-state index contributed by atoms with van der Waals surface area (Å²) in [5, 5.41) is 7.06. The van der Waals surface area contributed by atoms with Gasteiger partial charge in [-0.1, -0.05) is 11.6 Å². The molecular weight excluding hydrogens is 332 g/mol. The number of hydrogen-bond acceptors (Lipinski definition) is 4. The molecule has 0 bridgehead atoms. The van der Waals surface area contributed by atoms with Crippen LogP contribution in [0.25, 0.3) is 0 Å². The number of imide groups is 1. The SMILES string of the molecule is Cc1ccc2c(c1)C(=O)N(CCC(=O)N[C@@H](C)c1cnn(C)c1C)C2=O. The average molecular weight is 354 g/mol. The zero-order chi connectivity index (χ0) is 19.0. The van der Waals surface area contributed by atoms with Crippen molar-refractivity contribution in [1.82, 2.24) is 20.0 Å². The molecule has 0 unspecified atom stereocenters. The van der Waals surface area contributed by atoms with E-state index in [1.807, 2.05) is 27.8 Å². The van der Waals surface area contributed by atoms with Crippen molar-refractivity contribution >= 4 is 17.7 Å². The molecule has 2 aromatic rings. The first-order valence-corrected chi connectivity index (χ1v) is 8.54. The third kappa shape index (κ3) is 3.12. The Balaban J connectivity index is 1.61. The molecule has 3 rings (SSSR count). The quantitative estimate of drug-likeness (QED) is 0.831. The summed E-state index contributed by atoms with van der Waals surface area (Å²) in [5.74, 6) is -0.889. The molecule has 1 aliphatic rings. The van der Waals surface area contributed by atoms with Gasteiger partial charge in [0.25, 0.3) is 11.8 Å². The maximum absolute atomic E-state index is 12.4. The lowest BCUT2D eigenvalue weighted by molar-refractivity contribution is -0.121. The van der Waals surface area contributed by atoms with Crippen LogP contribution in [-0.4, -0.2) is 38.9 Å². The second kappa shape index (κ2) is 6.74. The molecule has 0 saturated heterocycles. The molecule has 1 atom stereocenters. The fourth-order valence-electron chi connectivity index (χ4n) is 3.15. The normalized spacial score (nSPS) is 14.5. The van der Waals surface area contributed by atoms with Gasteiger partial charge in [-0.15, -0.1) is 0 Å². The van der Waals surface area contributed by atoms with E-state index in [2.05, 4.69) is 10.4 Å². The molecular formula is C19H22N4O3. The van der Waals surface area contributed by atoms with Crippen LogP contribution in [0, 0.1) is 13.8 Å². The molecule has 1 aromatic carbocycles. The molecule has 0 saturated carbocycles. The molecule has 7 heteroatoms. The molecule has 0 aliphatic carbocycles. The fourth-order valence-corrected chi connectivity index (χ4v) is 3.15. The third-order valence-corrected chi connectivity index (χ3v) is 4.81. The molecule has 1 N–H and O–H groups in total. The summed E-state index contributed by atoms with van der Waals surface area (Å²) in [6.07, 6.45) is 1.79. The Morgan fingerprint density at radius 1 is 1.19 bits per heavy atom. The van der Waals surface area contributed by atoms with Crippen LogP contribution in [0.1, 0.15) is 56.9 Å². The number of nitrogens with one attached hydrogen (secondary N) is 1. The van der Waals surface area contributed by atoms with Crippen LogP contribution in [0.2, 0.25) is 0 Å². The highest BCUT2D eigenvalue weighted by atomic mass is 16.2. The number of rotatable bonds is 5. The van der Waals surface area contributed by atoms with Gasteiger partial charge in [0.15, 0.2) is 0 Å². The van der Waals surface area contributed by atoms with E-state index in [-0.39, 0.29) is 36.7 Å². The van der Waals surface area contributed by atoms with Crippen LogP contribution in [0.3, 0.4) is 0 Å². The molecule has 26 heavy (non-hydrogen) atoms. The molecule has 0 radical (unpaired) electrons. The first-order chi connectivity index (χ1) is 12.3. The number of benzene rings is 1. The Morgan fingerprint density at radius 2 is 1.88 bits per heavy atom. The van der Waals surface area contributed by atoms with Crippen LogP contribution in [-0.2, 0) is 11.8 Å². The third-order valence-electron chi connectivity index (χ3n) is 4.81. The number of aryl methyl sites for hydroxylation is 2. The summed E-state index contributed by atoms with van der Waals surface area (Å²) >= 11 is 0. The predicted molar refractivity (Wildman–Crippen MR) is 95.7 cm³/mol. The maximum atomic E-state index is 12.4. The molecule has 1 aromatic heterocycles. The van der Waals surface area contributed by atoms with Gasteiger partial charge in [-0.3, -0.25) is 24.0 Å². The lowest BCUT2D eigenvalue weighted by Gasteiger charge is -2.16. The number of aromatic nitrogens is 2. The van der Waals surface area contributed by atoms with Crippen LogP contribution in [0.4, 0.5) is 0 Å². The van der Waals surface area contributed by atoms with Gasteiger partial charge < -0.3 is 5.32 Å². The Bertz CT molecular complexity index is 900. The summed E-state index contributed by atoms with van der Waals surface area (Å²) in [5.41, 5.74) is 3.66. The zero-order valence-electron chi connectivity index (χ0n) is 15.4. The van der Waals surface area contributed by atoms with Crippen LogP contribution in [0.5, 0.6) is 0 Å². The van der Waals surface area contributed by atoms with Crippen molar-refractivity contribution in [2.24, 2.45) is 7.05 Å². The Hall–Kier alpha value is -2.96. The minimum Gasteiger partial charge on any atom is -0.349 e. The first-order valence-electron chi connectivity index (χ1n) is 8.54. The lowest BCUT2D eigenvalue weighted by atomic mass is 10.1. The van der Waals surface area contributed by atoms with E-state index in [0.717, 1.165) is 21.7 Å². The highest BCUT2D eigenvalue weighted by Crippen LogP contribution is 2.24. The van der Waals surface area contributed by atoms with Gasteiger partial charge in [0, 0.05) is 31.3 Å². The van der Waals surface area contributed by atoms with Crippen molar-refractivity contribution in [2.75, 3.05) is 6.54 Å². The monoisotopic (exact) mass is 354 g/mol. The first kappa shape index (κ1) is 17.8. The van der Waals surface area contributed by atoms with E-state index in [1.165, 1.54) is 0 Å². The van der Waals surface area contributed by atoms with Crippen LogP contribution >= 0.6 is 0 Å². The van der Waals surface area contributed by atoms with Crippen molar-refractivity contribution in [3.63, 3.8) is 0 Å². The highest BCUT2D eigenvalue weighted by molar-refractivity contribution is 6.21. The van der Waals surface area contributed by atoms with E-state index < -0.39 is 0 Å². The number of carbonyl (C=O) groups excluding carboxylic acids is 3. The highest BCUT2D eigenvalue weighted by Gasteiger charge is 2.35. The number of nitrogens with zero attached hydrogens (tertiary/aromatic N) is 3. The van der Waals surface area contributed by atoms with Gasteiger partial charge in [0.1, 0.15) is 0 Å². The fraction of sp³-hybridized carbons (Fsp3) is 0.368. The van der Waals surface area contributed by atoms with Crippen molar-refractivity contribution in [2.45, 2.75) is 33.2 Å². The molecule has 7 nitrogen and oxygen atoms in total. The minimum atomic E-state index is -0.339. The minimum absolute atomic E-state index is 0.0636. The van der Waals surface area contributed by atoms with Gasteiger partial charge in [-0.05, 0) is 32.9 Å². The Morgan fingerprint density at radius 3 is 2.54 bits per heavy atom. The molecule has 136 valence electrons. The number of hydrogen-bond donors (Lipinski definition) is 1. The van der Waals surface area contributed by atoms with Gasteiger partial charge in [-0.25, -0.2) is 0 Å². The summed E-state index contributed by atoms with van der Waals surface area (Å²) in [4.78, 5) is 38.2. The maximum Gasteiger partial charge on any atom is 0.261 e. The smallest absolute Gasteiger partial charge is 0.261 e. The molecule has 0 spiro atoms. The van der Waals surface area contributed by atoms with Gasteiger partial charge >= 0.3 is 0 Å². The van der Waals surface area contributed by atoms with Crippen molar-refractivity contribution in [1.29, 1.82) is 0 Å². The molecule has 0 fully saturated rings. The van der Waals surface area contributed by atoms with Crippen molar-refractivity contribution in [3.05, 3.63) is 52.3 Å². The van der Waals surface area contributed by atoms with Gasteiger partial charge in [0.05, 0.1) is 23.4 Å². The predicted octanol–water partition coefficient (Wildman–Crippen LogP) is 1.90. The average Bonchev–Trinajstić information content (AvgIpc) is 3.04. The van der Waals surface area contributed by atoms with E-state index in [4.69, 9.17) is 0 Å². The largest absolute Gasteiger partial charge is 0.349 e. The molecule has 2 heterocycles. The van der Waals surface area contributed by atoms with E-state index in [0.29, 0.717) is 11.1 Å². The van der Waals surface area contributed by atoms with Crippen LogP contribution < -0.4 is 5.32 Å². The van der Waals surface area contributed by atoms with Crippen LogP contribution in [0.15, 0.2) is 24.4 Å². The zero-order valence-corrected chi connectivity index (χ0v) is 15.4. The number of fused-ring (bicyclic) bond motifs is 1. The van der Waals surface area contributed by atoms with E-state index in [1.54, 1.807) is 29.1 Å². The van der Waals surface area contributed by atoms with E-state index in [9.17, 15) is 14.4 Å². The lowest BCUT2D eigenvalue weighted by Crippen LogP contribution is -2.35. The standard InChI is InChI=1S/C19H22N4O3/c1-11-5-6-14-15(9-11)19(26)23(18(14)25)8-7-17(24)21-12(2)16-10-20-22(4)13(16)3/h5-6,9-10,12H,7-8H2,1-4H3,(H,21,24)/t12-/m0/s1. The number of carbonyl (C=O) groups is 3.